The second kappa shape index (κ2) is 3.93. The third kappa shape index (κ3) is 1.86. The number of nitrogens with one attached hydrogen (secondary N) is 1. The van der Waals surface area contributed by atoms with Crippen LogP contribution < -0.4 is 5.32 Å². The molecule has 0 saturated carbocycles. The number of aromatic nitrogens is 1. The van der Waals surface area contributed by atoms with Gasteiger partial charge in [0.05, 0.1) is 12.6 Å². The fourth-order valence-corrected chi connectivity index (χ4v) is 1.09. The molecule has 1 aromatic heterocycles. The van der Waals surface area contributed by atoms with E-state index in [4.69, 9.17) is 5.26 Å². The van der Waals surface area contributed by atoms with Crippen molar-refractivity contribution in [3.05, 3.63) is 23.5 Å². The van der Waals surface area contributed by atoms with E-state index >= 15 is 0 Å². The summed E-state index contributed by atoms with van der Waals surface area (Å²) >= 11 is 0. The Balaban J connectivity index is 2.53. The maximum atomic E-state index is 8.30. The van der Waals surface area contributed by atoms with Crippen LogP contribution in [0.1, 0.15) is 11.4 Å². The smallest absolute Gasteiger partial charge is 0.0844 e. The van der Waals surface area contributed by atoms with Crippen LogP contribution in [0.15, 0.2) is 12.1 Å². The Hall–Kier alpha value is -1.27. The molecule has 3 heteroatoms. The normalized spacial score (nSPS) is 9.75. The van der Waals surface area contributed by atoms with E-state index in [0.29, 0.717) is 6.54 Å². The third-order valence-electron chi connectivity index (χ3n) is 1.99. The quantitative estimate of drug-likeness (QED) is 0.532. The van der Waals surface area contributed by atoms with Crippen LogP contribution in [-0.4, -0.2) is 11.1 Å². The van der Waals surface area contributed by atoms with Gasteiger partial charge in [-0.25, -0.2) is 0 Å². The van der Waals surface area contributed by atoms with E-state index in [1.807, 2.05) is 13.1 Å². The Bertz CT molecular complexity index is 293. The summed E-state index contributed by atoms with van der Waals surface area (Å²) in [7, 11) is 2.03. The lowest BCUT2D eigenvalue weighted by Crippen LogP contribution is -2.15. The molecular formula is C9H13N3. The molecule has 0 aromatic carbocycles. The topological polar surface area (TPSA) is 40.8 Å². The largest absolute Gasteiger partial charge is 0.351 e. The summed E-state index contributed by atoms with van der Waals surface area (Å²) < 4.78 is 2.12. The van der Waals surface area contributed by atoms with E-state index in [9.17, 15) is 0 Å². The highest BCUT2D eigenvalue weighted by Gasteiger charge is 1.98. The predicted molar refractivity (Wildman–Crippen MR) is 47.5 cm³/mol. The third-order valence-corrected chi connectivity index (χ3v) is 1.99. The molecule has 3 nitrogen and oxygen atoms in total. The average Bonchev–Trinajstić information content (AvgIpc) is 2.36. The Morgan fingerprint density at radius 2 is 2.33 bits per heavy atom. The highest BCUT2D eigenvalue weighted by Crippen LogP contribution is 2.04. The van der Waals surface area contributed by atoms with Crippen molar-refractivity contribution in [1.82, 2.24) is 9.88 Å². The van der Waals surface area contributed by atoms with Crippen molar-refractivity contribution in [2.24, 2.45) is 7.05 Å². The maximum absolute atomic E-state index is 8.30. The minimum absolute atomic E-state index is 0.407. The van der Waals surface area contributed by atoms with Gasteiger partial charge in [-0.15, -0.1) is 0 Å². The lowest BCUT2D eigenvalue weighted by atomic mass is 10.4. The summed E-state index contributed by atoms with van der Waals surface area (Å²) in [5.41, 5.74) is 2.45. The number of hydrogen-bond donors (Lipinski definition) is 1. The summed E-state index contributed by atoms with van der Waals surface area (Å²) in [6.07, 6.45) is 0. The van der Waals surface area contributed by atoms with Crippen molar-refractivity contribution < 1.29 is 0 Å². The van der Waals surface area contributed by atoms with Crippen LogP contribution in [0.5, 0.6) is 0 Å². The van der Waals surface area contributed by atoms with Crippen molar-refractivity contribution in [1.29, 1.82) is 5.26 Å². The van der Waals surface area contributed by atoms with Gasteiger partial charge in [0.2, 0.25) is 0 Å². The molecule has 0 fully saturated rings. The lowest BCUT2D eigenvalue weighted by molar-refractivity contribution is 0.697. The van der Waals surface area contributed by atoms with Crippen molar-refractivity contribution in [2.75, 3.05) is 6.54 Å². The Morgan fingerprint density at radius 3 is 2.83 bits per heavy atom. The molecule has 1 heterocycles. The fourth-order valence-electron chi connectivity index (χ4n) is 1.09. The van der Waals surface area contributed by atoms with Gasteiger partial charge in [0.25, 0.3) is 0 Å². The zero-order chi connectivity index (χ0) is 8.97. The van der Waals surface area contributed by atoms with Gasteiger partial charge >= 0.3 is 0 Å². The zero-order valence-corrected chi connectivity index (χ0v) is 7.46. The second-order valence-corrected chi connectivity index (χ2v) is 2.79. The first-order chi connectivity index (χ1) is 5.75. The maximum Gasteiger partial charge on any atom is 0.0844 e. The van der Waals surface area contributed by atoms with Gasteiger partial charge in [-0.05, 0) is 19.1 Å². The minimum atomic E-state index is 0.407. The minimum Gasteiger partial charge on any atom is -0.351 e. The molecule has 0 saturated heterocycles. The summed E-state index contributed by atoms with van der Waals surface area (Å²) in [5, 5.41) is 11.3. The summed E-state index contributed by atoms with van der Waals surface area (Å²) in [4.78, 5) is 0. The number of hydrogen-bond acceptors (Lipinski definition) is 2. The Morgan fingerprint density at radius 1 is 1.58 bits per heavy atom. The summed E-state index contributed by atoms with van der Waals surface area (Å²) in [6, 6.07) is 6.19. The van der Waals surface area contributed by atoms with E-state index in [1.165, 1.54) is 11.4 Å². The second-order valence-electron chi connectivity index (χ2n) is 2.79. The number of rotatable bonds is 3. The van der Waals surface area contributed by atoms with Gasteiger partial charge in [-0.3, -0.25) is 5.32 Å². The van der Waals surface area contributed by atoms with E-state index < -0.39 is 0 Å². The fraction of sp³-hybridized carbons (Fsp3) is 0.444. The molecular weight excluding hydrogens is 150 g/mol. The van der Waals surface area contributed by atoms with Gasteiger partial charge < -0.3 is 4.57 Å². The molecule has 0 radical (unpaired) electrons. The molecule has 0 aliphatic heterocycles. The summed E-state index contributed by atoms with van der Waals surface area (Å²) in [6.45, 7) is 3.23. The highest BCUT2D eigenvalue weighted by atomic mass is 15.0. The van der Waals surface area contributed by atoms with Crippen LogP contribution in [0.2, 0.25) is 0 Å². The number of nitriles is 1. The molecule has 0 atom stereocenters. The standard InChI is InChI=1S/C9H13N3/c1-8-3-4-9(12(8)2)7-11-6-5-10/h3-4,11H,6-7H2,1-2H3. The number of aryl methyl sites for hydroxylation is 1. The van der Waals surface area contributed by atoms with Gasteiger partial charge in [-0.2, -0.15) is 5.26 Å². The van der Waals surface area contributed by atoms with E-state index in [2.05, 4.69) is 28.9 Å². The van der Waals surface area contributed by atoms with Crippen LogP contribution in [0.25, 0.3) is 0 Å². The van der Waals surface area contributed by atoms with E-state index in [0.717, 1.165) is 6.54 Å². The molecule has 0 bridgehead atoms. The van der Waals surface area contributed by atoms with Crippen LogP contribution in [0.4, 0.5) is 0 Å². The van der Waals surface area contributed by atoms with Gasteiger partial charge in [-0.1, -0.05) is 0 Å². The van der Waals surface area contributed by atoms with Gasteiger partial charge in [0.15, 0.2) is 0 Å². The van der Waals surface area contributed by atoms with Crippen molar-refractivity contribution in [3.8, 4) is 6.07 Å². The highest BCUT2D eigenvalue weighted by molar-refractivity contribution is 5.14. The molecule has 0 aliphatic rings. The Kier molecular flexibility index (Phi) is 2.89. The summed E-state index contributed by atoms with van der Waals surface area (Å²) in [5.74, 6) is 0. The predicted octanol–water partition coefficient (Wildman–Crippen LogP) is 0.947. The van der Waals surface area contributed by atoms with Crippen LogP contribution in [0, 0.1) is 18.3 Å². The van der Waals surface area contributed by atoms with Gasteiger partial charge in [0, 0.05) is 25.0 Å². The Labute approximate surface area is 72.6 Å². The molecule has 0 amide bonds. The molecule has 1 rings (SSSR count). The average molecular weight is 163 g/mol. The lowest BCUT2D eigenvalue weighted by Gasteiger charge is -2.04. The first kappa shape index (κ1) is 8.82. The number of nitrogens with zero attached hydrogens (tertiary/aromatic N) is 2. The zero-order valence-electron chi connectivity index (χ0n) is 7.46. The van der Waals surface area contributed by atoms with Crippen LogP contribution in [0.3, 0.4) is 0 Å². The van der Waals surface area contributed by atoms with Gasteiger partial charge in [0.1, 0.15) is 0 Å². The van der Waals surface area contributed by atoms with Crippen molar-refractivity contribution in [2.45, 2.75) is 13.5 Å². The van der Waals surface area contributed by atoms with Crippen molar-refractivity contribution in [3.63, 3.8) is 0 Å². The monoisotopic (exact) mass is 163 g/mol. The SMILES string of the molecule is Cc1ccc(CNCC#N)n1C. The molecule has 1 aromatic rings. The molecule has 0 aliphatic carbocycles. The van der Waals surface area contributed by atoms with E-state index in [1.54, 1.807) is 0 Å². The van der Waals surface area contributed by atoms with Crippen LogP contribution in [-0.2, 0) is 13.6 Å². The molecule has 0 spiro atoms. The molecule has 64 valence electrons. The van der Waals surface area contributed by atoms with E-state index in [-0.39, 0.29) is 0 Å². The molecule has 0 unspecified atom stereocenters. The van der Waals surface area contributed by atoms with Crippen molar-refractivity contribution >= 4 is 0 Å². The first-order valence-corrected chi connectivity index (χ1v) is 3.94. The molecule has 1 N–H and O–H groups in total. The molecule has 12 heavy (non-hydrogen) atoms. The van der Waals surface area contributed by atoms with Crippen LogP contribution >= 0.6 is 0 Å². The first-order valence-electron chi connectivity index (χ1n) is 3.94.